The summed E-state index contributed by atoms with van der Waals surface area (Å²) in [4.78, 5) is 28.8. The van der Waals surface area contributed by atoms with Gasteiger partial charge in [0.05, 0.1) is 0 Å². The molecule has 1 aliphatic rings. The second-order valence-corrected chi connectivity index (χ2v) is 8.36. The van der Waals surface area contributed by atoms with Crippen molar-refractivity contribution in [2.75, 3.05) is 19.7 Å². The standard InChI is InChI=1S/C24H27N5O4/c1-17(2)25-23(30)21-9-7-20(8-10-21)19-5-3-18(4-6-19)15-27-11-12-28-16-22(29(31)32)26-24(28)33-14-13-27/h3-10,16-17H,11-15H2,1-2H3,(H,25,30). The summed E-state index contributed by atoms with van der Waals surface area (Å²) in [6, 6.07) is 16.4. The van der Waals surface area contributed by atoms with Crippen molar-refractivity contribution in [2.45, 2.75) is 33.0 Å². The Morgan fingerprint density at radius 2 is 1.76 bits per heavy atom. The van der Waals surface area contributed by atoms with Crippen LogP contribution < -0.4 is 10.1 Å². The van der Waals surface area contributed by atoms with Crippen LogP contribution >= 0.6 is 0 Å². The summed E-state index contributed by atoms with van der Waals surface area (Å²) in [6.45, 7) is 7.08. The topological polar surface area (TPSA) is 103 Å². The molecule has 0 atom stereocenters. The number of nitrogens with zero attached hydrogens (tertiary/aromatic N) is 4. The molecule has 1 amide bonds. The quantitative estimate of drug-likeness (QED) is 0.457. The van der Waals surface area contributed by atoms with Gasteiger partial charge in [-0.05, 0) is 47.6 Å². The number of rotatable bonds is 6. The average Bonchev–Trinajstić information content (AvgIpc) is 3.18. The smallest absolute Gasteiger partial charge is 0.414 e. The Kier molecular flexibility index (Phi) is 6.69. The van der Waals surface area contributed by atoms with Gasteiger partial charge in [-0.1, -0.05) is 36.4 Å². The lowest BCUT2D eigenvalue weighted by Gasteiger charge is -2.24. The number of aromatic nitrogens is 2. The fraction of sp³-hybridized carbons (Fsp3) is 0.333. The number of hydrogen-bond acceptors (Lipinski definition) is 6. The van der Waals surface area contributed by atoms with E-state index in [1.807, 2.05) is 38.1 Å². The minimum absolute atomic E-state index is 0.0680. The highest BCUT2D eigenvalue weighted by Crippen LogP contribution is 2.22. The Balaban J connectivity index is 1.37. The molecule has 1 N–H and O–H groups in total. The van der Waals surface area contributed by atoms with Gasteiger partial charge in [0.1, 0.15) is 12.8 Å². The van der Waals surface area contributed by atoms with E-state index in [2.05, 4.69) is 39.5 Å². The molecule has 1 aromatic heterocycles. The first-order valence-electron chi connectivity index (χ1n) is 11.0. The summed E-state index contributed by atoms with van der Waals surface area (Å²) in [5, 5.41) is 13.9. The van der Waals surface area contributed by atoms with Crippen LogP contribution in [-0.4, -0.2) is 51.0 Å². The molecule has 172 valence electrons. The van der Waals surface area contributed by atoms with Gasteiger partial charge in [0.2, 0.25) is 0 Å². The van der Waals surface area contributed by atoms with Gasteiger partial charge in [0.15, 0.2) is 0 Å². The van der Waals surface area contributed by atoms with Gasteiger partial charge in [-0.15, -0.1) is 0 Å². The van der Waals surface area contributed by atoms with E-state index in [4.69, 9.17) is 4.74 Å². The number of nitro groups is 1. The van der Waals surface area contributed by atoms with Crippen LogP contribution in [0.5, 0.6) is 6.01 Å². The first kappa shape index (κ1) is 22.5. The SMILES string of the molecule is CC(C)NC(=O)c1ccc(-c2ccc(CN3CCOc4nc([N+](=O)[O-])cn4CC3)cc2)cc1. The predicted octanol–water partition coefficient (Wildman–Crippen LogP) is 3.49. The van der Waals surface area contributed by atoms with Crippen LogP contribution in [0, 0.1) is 10.1 Å². The lowest BCUT2D eigenvalue weighted by Crippen LogP contribution is -2.33. The van der Waals surface area contributed by atoms with Crippen molar-refractivity contribution in [3.63, 3.8) is 0 Å². The average molecular weight is 450 g/mol. The zero-order valence-corrected chi connectivity index (χ0v) is 18.7. The summed E-state index contributed by atoms with van der Waals surface area (Å²) in [5.74, 6) is -0.260. The molecule has 0 spiro atoms. The molecular formula is C24H27N5O4. The number of benzene rings is 2. The molecule has 9 heteroatoms. The number of nitrogens with one attached hydrogen (secondary N) is 1. The third kappa shape index (κ3) is 5.56. The fourth-order valence-electron chi connectivity index (χ4n) is 3.75. The van der Waals surface area contributed by atoms with E-state index in [9.17, 15) is 14.9 Å². The fourth-order valence-corrected chi connectivity index (χ4v) is 3.75. The van der Waals surface area contributed by atoms with E-state index < -0.39 is 4.92 Å². The molecule has 0 aliphatic carbocycles. The summed E-state index contributed by atoms with van der Waals surface area (Å²) in [7, 11) is 0. The lowest BCUT2D eigenvalue weighted by molar-refractivity contribution is -0.389. The van der Waals surface area contributed by atoms with Crippen molar-refractivity contribution in [1.82, 2.24) is 19.8 Å². The molecule has 4 rings (SSSR count). The second-order valence-electron chi connectivity index (χ2n) is 8.36. The van der Waals surface area contributed by atoms with Gasteiger partial charge >= 0.3 is 11.8 Å². The molecule has 0 radical (unpaired) electrons. The van der Waals surface area contributed by atoms with Crippen molar-refractivity contribution >= 4 is 11.7 Å². The summed E-state index contributed by atoms with van der Waals surface area (Å²) in [6.07, 6.45) is 1.42. The van der Waals surface area contributed by atoms with Gasteiger partial charge in [-0.25, -0.2) is 0 Å². The molecule has 0 unspecified atom stereocenters. The number of fused-ring (bicyclic) bond motifs is 1. The Bertz CT molecular complexity index is 1120. The first-order chi connectivity index (χ1) is 15.9. The molecule has 33 heavy (non-hydrogen) atoms. The minimum atomic E-state index is -0.505. The number of ether oxygens (including phenoxy) is 1. The summed E-state index contributed by atoms with van der Waals surface area (Å²) in [5.41, 5.74) is 3.95. The molecule has 0 saturated heterocycles. The molecule has 9 nitrogen and oxygen atoms in total. The van der Waals surface area contributed by atoms with Gasteiger partial charge in [-0.2, -0.15) is 0 Å². The molecule has 2 aromatic carbocycles. The minimum Gasteiger partial charge on any atom is -0.444 e. The van der Waals surface area contributed by atoms with Crippen LogP contribution in [0.25, 0.3) is 11.1 Å². The van der Waals surface area contributed by atoms with Crippen molar-refractivity contribution in [3.05, 3.63) is 76.0 Å². The second kappa shape index (κ2) is 9.83. The van der Waals surface area contributed by atoms with Gasteiger partial charge in [-0.3, -0.25) is 14.3 Å². The van der Waals surface area contributed by atoms with Crippen LogP contribution in [0.4, 0.5) is 5.82 Å². The zero-order valence-electron chi connectivity index (χ0n) is 18.7. The highest BCUT2D eigenvalue weighted by molar-refractivity contribution is 5.94. The number of hydrogen-bond donors (Lipinski definition) is 1. The Labute approximate surface area is 192 Å². The number of carbonyl (C=O) groups excluding carboxylic acids is 1. The maximum Gasteiger partial charge on any atom is 0.414 e. The molecule has 0 bridgehead atoms. The van der Waals surface area contributed by atoms with E-state index >= 15 is 0 Å². The van der Waals surface area contributed by atoms with Crippen molar-refractivity contribution in [1.29, 1.82) is 0 Å². The first-order valence-corrected chi connectivity index (χ1v) is 11.0. The van der Waals surface area contributed by atoms with Crippen LogP contribution in [-0.2, 0) is 13.1 Å². The number of amides is 1. The molecule has 1 aliphatic heterocycles. The van der Waals surface area contributed by atoms with Crippen LogP contribution in [0.1, 0.15) is 29.8 Å². The van der Waals surface area contributed by atoms with E-state index in [1.165, 1.54) is 11.8 Å². The Morgan fingerprint density at radius 3 is 2.39 bits per heavy atom. The van der Waals surface area contributed by atoms with E-state index in [1.54, 1.807) is 4.57 Å². The molecule has 2 heterocycles. The normalized spacial score (nSPS) is 14.2. The lowest BCUT2D eigenvalue weighted by atomic mass is 10.0. The molecule has 0 saturated carbocycles. The Hall–Kier alpha value is -3.72. The van der Waals surface area contributed by atoms with E-state index in [0.717, 1.165) is 24.2 Å². The predicted molar refractivity (Wildman–Crippen MR) is 124 cm³/mol. The van der Waals surface area contributed by atoms with E-state index in [-0.39, 0.29) is 17.8 Å². The van der Waals surface area contributed by atoms with Crippen LogP contribution in [0.2, 0.25) is 0 Å². The summed E-state index contributed by atoms with van der Waals surface area (Å²) >= 11 is 0. The summed E-state index contributed by atoms with van der Waals surface area (Å²) < 4.78 is 7.32. The van der Waals surface area contributed by atoms with Gasteiger partial charge in [0, 0.05) is 42.8 Å². The van der Waals surface area contributed by atoms with Crippen molar-refractivity contribution < 1.29 is 14.5 Å². The maximum atomic E-state index is 12.1. The van der Waals surface area contributed by atoms with E-state index in [0.29, 0.717) is 31.3 Å². The number of imidazole rings is 1. The molecular weight excluding hydrogens is 422 g/mol. The largest absolute Gasteiger partial charge is 0.444 e. The maximum absolute atomic E-state index is 12.1. The highest BCUT2D eigenvalue weighted by atomic mass is 16.6. The monoisotopic (exact) mass is 449 g/mol. The van der Waals surface area contributed by atoms with Gasteiger partial charge in [0.25, 0.3) is 5.91 Å². The zero-order chi connectivity index (χ0) is 23.4. The van der Waals surface area contributed by atoms with Gasteiger partial charge < -0.3 is 20.2 Å². The van der Waals surface area contributed by atoms with Crippen molar-refractivity contribution in [2.24, 2.45) is 0 Å². The molecule has 3 aromatic rings. The van der Waals surface area contributed by atoms with Crippen LogP contribution in [0.15, 0.2) is 54.7 Å². The number of carbonyl (C=O) groups is 1. The molecule has 0 fully saturated rings. The third-order valence-electron chi connectivity index (χ3n) is 5.47. The van der Waals surface area contributed by atoms with Crippen molar-refractivity contribution in [3.8, 4) is 17.1 Å². The van der Waals surface area contributed by atoms with Crippen LogP contribution in [0.3, 0.4) is 0 Å². The highest BCUT2D eigenvalue weighted by Gasteiger charge is 2.22. The Morgan fingerprint density at radius 1 is 1.09 bits per heavy atom. The third-order valence-corrected chi connectivity index (χ3v) is 5.47.